The number of nitrogens with one attached hydrogen (secondary N) is 1. The van der Waals surface area contributed by atoms with Crippen LogP contribution in [0.15, 0.2) is 30.9 Å². The van der Waals surface area contributed by atoms with Crippen molar-refractivity contribution in [3.05, 3.63) is 36.4 Å². The van der Waals surface area contributed by atoms with E-state index in [4.69, 9.17) is 0 Å². The topological polar surface area (TPSA) is 44.7 Å². The first-order valence-electron chi connectivity index (χ1n) is 7.05. The Morgan fingerprint density at radius 1 is 1.36 bits per heavy atom. The number of hydrogen-bond donors (Lipinski definition) is 2. The Balaban J connectivity index is 2.28. The van der Waals surface area contributed by atoms with Crippen LogP contribution in [-0.4, -0.2) is 42.5 Å². The molecule has 0 bridgehead atoms. The Labute approximate surface area is 127 Å². The second-order valence-electron chi connectivity index (χ2n) is 5.09. The zero-order valence-electron chi connectivity index (χ0n) is 12.1. The Kier molecular flexibility index (Phi) is 5.31. The molecule has 0 amide bonds. The molecule has 1 aliphatic heterocycles. The minimum atomic E-state index is -4.75. The highest BCUT2D eigenvalue weighted by Crippen LogP contribution is 2.35. The van der Waals surface area contributed by atoms with Gasteiger partial charge in [-0.05, 0) is 24.6 Å². The molecular weight excluding hydrogens is 297 g/mol. The van der Waals surface area contributed by atoms with Gasteiger partial charge in [0, 0.05) is 37.8 Å². The number of hydrogen-bond acceptors (Lipinski definition) is 4. The van der Waals surface area contributed by atoms with Crippen molar-refractivity contribution >= 4 is 0 Å². The van der Waals surface area contributed by atoms with Crippen molar-refractivity contribution < 1.29 is 23.0 Å². The van der Waals surface area contributed by atoms with E-state index in [1.807, 2.05) is 0 Å². The van der Waals surface area contributed by atoms with E-state index in [2.05, 4.69) is 21.5 Å². The number of aromatic hydroxyl groups is 1. The molecule has 4 nitrogen and oxygen atoms in total. The summed E-state index contributed by atoms with van der Waals surface area (Å²) in [6.07, 6.45) is -2.52. The lowest BCUT2D eigenvalue weighted by atomic mass is 9.99. The molecule has 1 aromatic carbocycles. The highest BCUT2D eigenvalue weighted by atomic mass is 19.4. The van der Waals surface area contributed by atoms with Crippen LogP contribution in [0, 0.1) is 0 Å². The van der Waals surface area contributed by atoms with Crippen molar-refractivity contribution in [2.75, 3.05) is 26.2 Å². The summed E-state index contributed by atoms with van der Waals surface area (Å²) in [6, 6.07) is 3.36. The molecule has 7 heteroatoms. The molecule has 1 aromatic rings. The van der Waals surface area contributed by atoms with E-state index in [1.165, 1.54) is 12.1 Å². The number of benzene rings is 1. The van der Waals surface area contributed by atoms with E-state index in [1.54, 1.807) is 6.08 Å². The fourth-order valence-electron chi connectivity index (χ4n) is 2.62. The van der Waals surface area contributed by atoms with Gasteiger partial charge in [-0.15, -0.1) is 19.8 Å². The summed E-state index contributed by atoms with van der Waals surface area (Å²) in [5.74, 6) is -0.371. The molecule has 1 heterocycles. The number of rotatable bonds is 5. The first kappa shape index (κ1) is 16.6. The Morgan fingerprint density at radius 2 is 2.05 bits per heavy atom. The van der Waals surface area contributed by atoms with Crippen molar-refractivity contribution in [2.24, 2.45) is 0 Å². The standard InChI is InChI=1S/C15H19F3N2O2/c1-2-3-13(20-8-6-19-7-9-20)12-10-11(4-5-14(12)21)22-15(16,17)18/h2,4-5,10,13,19,21H,1,3,6-9H2/t13-/m1/s1. The minimum absolute atomic E-state index is 0.0418. The molecule has 122 valence electrons. The van der Waals surface area contributed by atoms with E-state index >= 15 is 0 Å². The molecule has 1 saturated heterocycles. The van der Waals surface area contributed by atoms with E-state index in [0.717, 1.165) is 32.2 Å². The predicted molar refractivity (Wildman–Crippen MR) is 76.8 cm³/mol. The van der Waals surface area contributed by atoms with Crippen molar-refractivity contribution in [3.8, 4) is 11.5 Å². The lowest BCUT2D eigenvalue weighted by Gasteiger charge is -2.35. The number of phenolic OH excluding ortho intramolecular Hbond substituents is 1. The van der Waals surface area contributed by atoms with Gasteiger partial charge in [-0.2, -0.15) is 0 Å². The van der Waals surface area contributed by atoms with Crippen LogP contribution < -0.4 is 10.1 Å². The van der Waals surface area contributed by atoms with Gasteiger partial charge in [-0.25, -0.2) is 0 Å². The van der Waals surface area contributed by atoms with Crippen molar-refractivity contribution in [2.45, 2.75) is 18.8 Å². The second kappa shape index (κ2) is 7.02. The van der Waals surface area contributed by atoms with Crippen LogP contribution in [-0.2, 0) is 0 Å². The molecular formula is C15H19F3N2O2. The van der Waals surface area contributed by atoms with Crippen LogP contribution in [0.2, 0.25) is 0 Å². The number of nitrogens with zero attached hydrogens (tertiary/aromatic N) is 1. The van der Waals surface area contributed by atoms with E-state index < -0.39 is 6.36 Å². The monoisotopic (exact) mass is 316 g/mol. The molecule has 1 atom stereocenters. The molecule has 0 spiro atoms. The third-order valence-corrected chi connectivity index (χ3v) is 3.57. The summed E-state index contributed by atoms with van der Waals surface area (Å²) in [4.78, 5) is 2.12. The highest BCUT2D eigenvalue weighted by molar-refractivity contribution is 5.41. The molecule has 1 fully saturated rings. The normalized spacial score (nSPS) is 18.0. The van der Waals surface area contributed by atoms with Crippen molar-refractivity contribution in [1.29, 1.82) is 0 Å². The fraction of sp³-hybridized carbons (Fsp3) is 0.467. The van der Waals surface area contributed by atoms with Gasteiger partial charge >= 0.3 is 6.36 Å². The average molecular weight is 316 g/mol. The summed E-state index contributed by atoms with van der Waals surface area (Å²) in [6.45, 7) is 6.80. The van der Waals surface area contributed by atoms with Crippen LogP contribution >= 0.6 is 0 Å². The molecule has 2 rings (SSSR count). The quantitative estimate of drug-likeness (QED) is 0.820. The first-order chi connectivity index (χ1) is 10.4. The van der Waals surface area contributed by atoms with Gasteiger partial charge in [0.25, 0.3) is 0 Å². The Morgan fingerprint density at radius 3 is 2.64 bits per heavy atom. The molecule has 2 N–H and O–H groups in total. The van der Waals surface area contributed by atoms with Crippen LogP contribution in [0.1, 0.15) is 18.0 Å². The van der Waals surface area contributed by atoms with Gasteiger partial charge in [0.1, 0.15) is 11.5 Å². The SMILES string of the molecule is C=CC[C@H](c1cc(OC(F)(F)F)ccc1O)N1CCNCC1. The first-order valence-corrected chi connectivity index (χ1v) is 7.05. The zero-order chi connectivity index (χ0) is 16.2. The van der Waals surface area contributed by atoms with Crippen LogP contribution in [0.3, 0.4) is 0 Å². The number of ether oxygens (including phenoxy) is 1. The summed E-state index contributed by atoms with van der Waals surface area (Å²) < 4.78 is 41.0. The Bertz CT molecular complexity index is 514. The lowest BCUT2D eigenvalue weighted by molar-refractivity contribution is -0.274. The smallest absolute Gasteiger partial charge is 0.508 e. The molecule has 0 saturated carbocycles. The van der Waals surface area contributed by atoms with Crippen LogP contribution in [0.4, 0.5) is 13.2 Å². The largest absolute Gasteiger partial charge is 0.573 e. The lowest BCUT2D eigenvalue weighted by Crippen LogP contribution is -2.45. The molecule has 0 unspecified atom stereocenters. The average Bonchev–Trinajstić information content (AvgIpc) is 2.46. The van der Waals surface area contributed by atoms with Gasteiger partial charge < -0.3 is 15.2 Å². The van der Waals surface area contributed by atoms with Crippen LogP contribution in [0.5, 0.6) is 11.5 Å². The second-order valence-corrected chi connectivity index (χ2v) is 5.09. The molecule has 22 heavy (non-hydrogen) atoms. The number of phenols is 1. The van der Waals surface area contributed by atoms with Crippen LogP contribution in [0.25, 0.3) is 0 Å². The van der Waals surface area contributed by atoms with E-state index in [9.17, 15) is 18.3 Å². The fourth-order valence-corrected chi connectivity index (χ4v) is 2.62. The predicted octanol–water partition coefficient (Wildman–Crippen LogP) is 2.81. The van der Waals surface area contributed by atoms with Crippen molar-refractivity contribution in [3.63, 3.8) is 0 Å². The minimum Gasteiger partial charge on any atom is -0.508 e. The molecule has 0 aliphatic carbocycles. The number of alkyl halides is 3. The summed E-state index contributed by atoms with van der Waals surface area (Å²) in [7, 11) is 0. The summed E-state index contributed by atoms with van der Waals surface area (Å²) in [5, 5.41) is 13.3. The third-order valence-electron chi connectivity index (χ3n) is 3.57. The van der Waals surface area contributed by atoms with Gasteiger partial charge in [0.05, 0.1) is 0 Å². The van der Waals surface area contributed by atoms with Crippen molar-refractivity contribution in [1.82, 2.24) is 10.2 Å². The van der Waals surface area contributed by atoms with Gasteiger partial charge in [-0.1, -0.05) is 6.08 Å². The summed E-state index contributed by atoms with van der Waals surface area (Å²) in [5.41, 5.74) is 0.420. The molecule has 0 aromatic heterocycles. The van der Waals surface area contributed by atoms with Gasteiger partial charge in [-0.3, -0.25) is 4.90 Å². The summed E-state index contributed by atoms with van der Waals surface area (Å²) >= 11 is 0. The van der Waals surface area contributed by atoms with E-state index in [0.29, 0.717) is 12.0 Å². The van der Waals surface area contributed by atoms with Gasteiger partial charge in [0.15, 0.2) is 0 Å². The zero-order valence-corrected chi connectivity index (χ0v) is 12.1. The number of piperazine rings is 1. The van der Waals surface area contributed by atoms with E-state index in [-0.39, 0.29) is 17.5 Å². The molecule has 1 aliphatic rings. The maximum Gasteiger partial charge on any atom is 0.573 e. The maximum atomic E-state index is 12.4. The number of halogens is 3. The maximum absolute atomic E-state index is 12.4. The molecule has 0 radical (unpaired) electrons. The third kappa shape index (κ3) is 4.38. The van der Waals surface area contributed by atoms with Gasteiger partial charge in [0.2, 0.25) is 0 Å². The highest BCUT2D eigenvalue weighted by Gasteiger charge is 2.32. The Hall–Kier alpha value is -1.73.